The molecule has 0 aliphatic heterocycles. The Morgan fingerprint density at radius 3 is 0.559 bits per heavy atom. The standard InChI is InChI=1S/C43H33N3.C38H27N3.C37H25N3/c1-42(2)35-15-9-7-13-31(35)33-21-19-29(24-37(33)42)40-44-39(28-18-17-26-11-5-6-12-27(26)23-28)45-41(46-40)30-20-22-34-32-14-8-10-16-36(32)43(3,4)38(34)25-30;1-38(2)33-14-8-7-13-31(33)32-20-19-30(23-34(32)38)37-40-35(28-17-15-24-9-3-5-11-26(24)21-28)39-36(41-37)29-18-16-25-10-4-6-12-27(25)22-29;1-3-9-26(10-4-1)29-15-20-31(21-16-29)35-38-36(32-22-17-30(18-23-32)27-11-5-2-6-12-27)40-37(39-35)34-24-19-28-13-7-8-14-33(28)25-34/h5-25H,1-4H3;3-23H,1-2H3;1-25H. The summed E-state index contributed by atoms with van der Waals surface area (Å²) in [6, 6.07) is 143. The topological polar surface area (TPSA) is 116 Å². The van der Waals surface area contributed by atoms with Crippen LogP contribution in [-0.4, -0.2) is 44.9 Å². The largest absolute Gasteiger partial charge is 0.208 e. The van der Waals surface area contributed by atoms with Gasteiger partial charge >= 0.3 is 0 Å². The fraction of sp³-hybridized carbons (Fsp3) is 0.0763. The Morgan fingerprint density at radius 1 is 0.126 bits per heavy atom. The molecule has 3 aliphatic carbocycles. The van der Waals surface area contributed by atoms with E-state index in [0.717, 1.165) is 82.7 Å². The summed E-state index contributed by atoms with van der Waals surface area (Å²) in [5.74, 6) is 6.04. The molecule has 21 aromatic rings. The summed E-state index contributed by atoms with van der Waals surface area (Å²) in [5.41, 5.74) is 28.9. The van der Waals surface area contributed by atoms with Gasteiger partial charge in [0, 0.05) is 66.3 Å². The molecule has 3 aromatic heterocycles. The molecule has 3 heterocycles. The monoisotopic (exact) mass is 1630 g/mol. The molecule has 0 amide bonds. The van der Waals surface area contributed by atoms with Gasteiger partial charge in [-0.15, -0.1) is 0 Å². The Bertz CT molecular complexity index is 7590. The SMILES string of the molecule is CC1(C)c2ccccc2-c2ccc(-c3nc(-c4ccc5c(c4)C(C)(C)c4ccccc4-5)nc(-c4ccc5ccccc5c4)n3)cc21.CC1(C)c2ccccc2-c2ccc(-c3nc(-c4ccc5ccccc5c4)nc(-c4ccc5ccccc5c4)n3)cc21.c1ccc(-c2ccc(-c3nc(-c4ccc(-c5ccccc5)cc4)nc(-c4ccc5ccccc5c4)n3)cc2)cc1. The van der Waals surface area contributed by atoms with Crippen LogP contribution in [0.2, 0.25) is 0 Å². The first-order valence-corrected chi connectivity index (χ1v) is 43.4. The molecule has 3 aliphatic rings. The zero-order valence-electron chi connectivity index (χ0n) is 71.2. The first kappa shape index (κ1) is 77.1. The molecule has 18 aromatic carbocycles. The third-order valence-electron chi connectivity index (χ3n) is 26.0. The predicted octanol–water partition coefficient (Wildman–Crippen LogP) is 29.5. The van der Waals surface area contributed by atoms with Gasteiger partial charge in [0.2, 0.25) is 0 Å². The number of hydrogen-bond donors (Lipinski definition) is 0. The van der Waals surface area contributed by atoms with Crippen LogP contribution in [0.5, 0.6) is 0 Å². The molecule has 0 unspecified atom stereocenters. The second-order valence-corrected chi connectivity index (χ2v) is 34.8. The van der Waals surface area contributed by atoms with E-state index in [2.05, 4.69) is 436 Å². The number of rotatable bonds is 11. The zero-order chi connectivity index (χ0) is 85.5. The van der Waals surface area contributed by atoms with Crippen molar-refractivity contribution in [1.82, 2.24) is 44.9 Å². The van der Waals surface area contributed by atoms with Gasteiger partial charge in [0.1, 0.15) is 0 Å². The third kappa shape index (κ3) is 14.3. The van der Waals surface area contributed by atoms with E-state index in [4.69, 9.17) is 44.9 Å². The van der Waals surface area contributed by atoms with Crippen LogP contribution in [-0.2, 0) is 16.2 Å². The lowest BCUT2D eigenvalue weighted by Crippen LogP contribution is -2.15. The van der Waals surface area contributed by atoms with Crippen LogP contribution >= 0.6 is 0 Å². The van der Waals surface area contributed by atoms with Crippen LogP contribution in [0.1, 0.15) is 74.9 Å². The van der Waals surface area contributed by atoms with Crippen LogP contribution in [0.4, 0.5) is 0 Å². The molecule has 0 N–H and O–H groups in total. The van der Waals surface area contributed by atoms with Crippen molar-refractivity contribution in [1.29, 1.82) is 0 Å². The number of aromatic nitrogens is 9. The highest BCUT2D eigenvalue weighted by atomic mass is 15.1. The molecule has 0 saturated heterocycles. The molecule has 9 nitrogen and oxygen atoms in total. The summed E-state index contributed by atoms with van der Waals surface area (Å²) in [4.78, 5) is 45.5. The van der Waals surface area contributed by atoms with Crippen LogP contribution in [0.3, 0.4) is 0 Å². The second-order valence-electron chi connectivity index (χ2n) is 34.8. The Labute approximate surface area is 738 Å². The van der Waals surface area contributed by atoms with E-state index in [1.54, 1.807) is 0 Å². The highest BCUT2D eigenvalue weighted by molar-refractivity contribution is 5.93. The highest BCUT2D eigenvalue weighted by Gasteiger charge is 2.39. The van der Waals surface area contributed by atoms with Crippen LogP contribution in [0.25, 0.3) is 201 Å². The Morgan fingerprint density at radius 2 is 0.299 bits per heavy atom. The second kappa shape index (κ2) is 31.4. The summed E-state index contributed by atoms with van der Waals surface area (Å²) >= 11 is 0. The minimum absolute atomic E-state index is 0.0999. The van der Waals surface area contributed by atoms with Crippen LogP contribution < -0.4 is 0 Å². The molecule has 9 heteroatoms. The lowest BCUT2D eigenvalue weighted by molar-refractivity contribution is 0.660. The predicted molar refractivity (Wildman–Crippen MR) is 522 cm³/mol. The lowest BCUT2D eigenvalue weighted by atomic mass is 9.82. The molecule has 0 atom stereocenters. The van der Waals surface area contributed by atoms with Crippen LogP contribution in [0, 0.1) is 0 Å². The summed E-state index contributed by atoms with van der Waals surface area (Å²) < 4.78 is 0. The Kier molecular flexibility index (Phi) is 19.1. The molecule has 0 bridgehead atoms. The van der Waals surface area contributed by atoms with Gasteiger partial charge in [-0.2, -0.15) is 0 Å². The van der Waals surface area contributed by atoms with E-state index in [-0.39, 0.29) is 16.2 Å². The summed E-state index contributed by atoms with van der Waals surface area (Å²) in [7, 11) is 0. The van der Waals surface area contributed by atoms with Gasteiger partial charge in [-0.05, 0) is 175 Å². The first-order valence-electron chi connectivity index (χ1n) is 43.4. The molecule has 0 fully saturated rings. The lowest BCUT2D eigenvalue weighted by Gasteiger charge is -2.22. The highest BCUT2D eigenvalue weighted by Crippen LogP contribution is 2.53. The average Bonchev–Trinajstić information content (AvgIpc) is 1.59. The van der Waals surface area contributed by atoms with E-state index >= 15 is 0 Å². The maximum Gasteiger partial charge on any atom is 0.164 e. The molecule has 0 saturated carbocycles. The quantitative estimate of drug-likeness (QED) is 0.125. The van der Waals surface area contributed by atoms with E-state index in [1.807, 2.05) is 12.1 Å². The minimum Gasteiger partial charge on any atom is -0.208 e. The van der Waals surface area contributed by atoms with E-state index in [0.29, 0.717) is 52.4 Å². The van der Waals surface area contributed by atoms with Crippen molar-refractivity contribution >= 4 is 43.1 Å². The zero-order valence-corrected chi connectivity index (χ0v) is 71.2. The normalized spacial score (nSPS) is 13.1. The number of hydrogen-bond acceptors (Lipinski definition) is 9. The molecule has 0 radical (unpaired) electrons. The van der Waals surface area contributed by atoms with Gasteiger partial charge in [-0.25, -0.2) is 44.9 Å². The molecule has 24 rings (SSSR count). The summed E-state index contributed by atoms with van der Waals surface area (Å²) in [6.07, 6.45) is 0. The maximum absolute atomic E-state index is 5.18. The van der Waals surface area contributed by atoms with Crippen molar-refractivity contribution in [3.8, 4) is 158 Å². The maximum atomic E-state index is 5.18. The van der Waals surface area contributed by atoms with Gasteiger partial charge < -0.3 is 0 Å². The van der Waals surface area contributed by atoms with Crippen molar-refractivity contribution < 1.29 is 0 Å². The first-order chi connectivity index (χ1) is 62.1. The molecule has 0 spiro atoms. The molecular weight excluding hydrogens is 1540 g/mol. The Balaban J connectivity index is 0.000000113. The number of fused-ring (bicyclic) bond motifs is 13. The molecular formula is C118H85N9. The van der Waals surface area contributed by atoms with Crippen molar-refractivity contribution in [3.63, 3.8) is 0 Å². The van der Waals surface area contributed by atoms with Gasteiger partial charge in [0.25, 0.3) is 0 Å². The molecule has 602 valence electrons. The van der Waals surface area contributed by atoms with Crippen molar-refractivity contribution in [3.05, 3.63) is 440 Å². The smallest absolute Gasteiger partial charge is 0.164 e. The van der Waals surface area contributed by atoms with Crippen molar-refractivity contribution in [2.45, 2.75) is 57.8 Å². The number of nitrogens with zero attached hydrogens (tertiary/aromatic N) is 9. The molecule has 127 heavy (non-hydrogen) atoms. The van der Waals surface area contributed by atoms with E-state index < -0.39 is 0 Å². The minimum atomic E-state index is -0.112. The fourth-order valence-corrected chi connectivity index (χ4v) is 19.0. The van der Waals surface area contributed by atoms with Gasteiger partial charge in [-0.1, -0.05) is 406 Å². The fourth-order valence-electron chi connectivity index (χ4n) is 19.0. The summed E-state index contributed by atoms with van der Waals surface area (Å²) in [6.45, 7) is 13.8. The van der Waals surface area contributed by atoms with Crippen molar-refractivity contribution in [2.75, 3.05) is 0 Å². The van der Waals surface area contributed by atoms with Gasteiger partial charge in [0.05, 0.1) is 0 Å². The van der Waals surface area contributed by atoms with E-state index in [9.17, 15) is 0 Å². The van der Waals surface area contributed by atoms with E-state index in [1.165, 1.54) is 99.4 Å². The van der Waals surface area contributed by atoms with Gasteiger partial charge in [0.15, 0.2) is 52.4 Å². The van der Waals surface area contributed by atoms with Crippen molar-refractivity contribution in [2.24, 2.45) is 0 Å². The Hall–Kier alpha value is -16.0. The average molecular weight is 1630 g/mol. The van der Waals surface area contributed by atoms with Gasteiger partial charge in [-0.3, -0.25) is 0 Å². The third-order valence-corrected chi connectivity index (χ3v) is 26.0. The number of benzene rings is 18. The summed E-state index contributed by atoms with van der Waals surface area (Å²) in [5, 5.41) is 9.42. The van der Waals surface area contributed by atoms with Crippen LogP contribution in [0.15, 0.2) is 406 Å².